The molecule has 174 valence electrons. The van der Waals surface area contributed by atoms with E-state index in [1.165, 1.54) is 12.1 Å². The van der Waals surface area contributed by atoms with Crippen molar-refractivity contribution in [1.29, 1.82) is 0 Å². The minimum absolute atomic E-state index is 0.0137. The van der Waals surface area contributed by atoms with Crippen molar-refractivity contribution in [1.82, 2.24) is 9.80 Å². The van der Waals surface area contributed by atoms with Crippen LogP contribution in [0.2, 0.25) is 0 Å². The van der Waals surface area contributed by atoms with E-state index in [0.29, 0.717) is 12.0 Å². The Labute approximate surface area is 187 Å². The molecule has 10 heteroatoms. The van der Waals surface area contributed by atoms with Gasteiger partial charge in [0.2, 0.25) is 5.91 Å². The van der Waals surface area contributed by atoms with Gasteiger partial charge >= 0.3 is 18.4 Å². The number of ether oxygens (including phenoxy) is 1. The predicted molar refractivity (Wildman–Crippen MR) is 109 cm³/mol. The van der Waals surface area contributed by atoms with Crippen molar-refractivity contribution in [3.05, 3.63) is 71.3 Å². The zero-order valence-corrected chi connectivity index (χ0v) is 17.4. The summed E-state index contributed by atoms with van der Waals surface area (Å²) < 4.78 is 43.9. The molecule has 0 radical (unpaired) electrons. The number of cyclic esters (lactones) is 1. The summed E-state index contributed by atoms with van der Waals surface area (Å²) >= 11 is 0. The maximum absolute atomic E-state index is 13.5. The van der Waals surface area contributed by atoms with Crippen molar-refractivity contribution < 1.29 is 37.4 Å². The van der Waals surface area contributed by atoms with Gasteiger partial charge in [-0.2, -0.15) is 13.2 Å². The van der Waals surface area contributed by atoms with Crippen LogP contribution in [0.4, 0.5) is 22.8 Å². The number of amides is 3. The molecule has 7 nitrogen and oxygen atoms in total. The van der Waals surface area contributed by atoms with Crippen LogP contribution in [-0.4, -0.2) is 58.7 Å². The Hall–Kier alpha value is -3.56. The largest absolute Gasteiger partial charge is 0.465 e. The molecule has 2 aromatic carbocycles. The highest BCUT2D eigenvalue weighted by molar-refractivity contribution is 5.96. The van der Waals surface area contributed by atoms with Gasteiger partial charge in [0.1, 0.15) is 6.61 Å². The number of imide groups is 1. The molecule has 0 aromatic heterocycles. The lowest BCUT2D eigenvalue weighted by Crippen LogP contribution is -2.45. The fraction of sp³-hybridized carbons (Fsp3) is 0.348. The highest BCUT2D eigenvalue weighted by atomic mass is 19.4. The van der Waals surface area contributed by atoms with Gasteiger partial charge in [0.15, 0.2) is 0 Å². The van der Waals surface area contributed by atoms with E-state index in [2.05, 4.69) is 0 Å². The predicted octanol–water partition coefficient (Wildman–Crippen LogP) is 3.99. The summed E-state index contributed by atoms with van der Waals surface area (Å²) in [7, 11) is 0. The van der Waals surface area contributed by atoms with E-state index in [1.54, 1.807) is 0 Å². The number of hydrogen-bond donors (Lipinski definition) is 1. The van der Waals surface area contributed by atoms with Crippen LogP contribution in [-0.2, 0) is 22.1 Å². The second-order valence-corrected chi connectivity index (χ2v) is 8.15. The van der Waals surface area contributed by atoms with Crippen molar-refractivity contribution in [2.45, 2.75) is 24.6 Å². The Bertz CT molecular complexity index is 1040. The number of carboxylic acid groups (broad SMARTS) is 1. The average molecular weight is 462 g/mol. The highest BCUT2D eigenvalue weighted by Crippen LogP contribution is 2.37. The number of carbonyl (C=O) groups excluding carboxylic acids is 2. The maximum atomic E-state index is 13.5. The van der Waals surface area contributed by atoms with E-state index < -0.39 is 47.7 Å². The van der Waals surface area contributed by atoms with Crippen LogP contribution in [0.25, 0.3) is 0 Å². The second kappa shape index (κ2) is 8.76. The molecule has 2 saturated heterocycles. The topological polar surface area (TPSA) is 87.2 Å². The lowest BCUT2D eigenvalue weighted by molar-refractivity contribution is -0.137. The Morgan fingerprint density at radius 1 is 1.03 bits per heavy atom. The zero-order valence-electron chi connectivity index (χ0n) is 17.4. The highest BCUT2D eigenvalue weighted by Gasteiger charge is 2.47. The molecule has 33 heavy (non-hydrogen) atoms. The number of alkyl halides is 3. The molecule has 3 atom stereocenters. The molecule has 4 rings (SSSR count). The molecule has 2 aliphatic rings. The average Bonchev–Trinajstić information content (AvgIpc) is 3.38. The van der Waals surface area contributed by atoms with E-state index in [-0.39, 0.29) is 19.7 Å². The normalized spacial score (nSPS) is 23.0. The zero-order chi connectivity index (χ0) is 23.8. The Morgan fingerprint density at radius 3 is 2.30 bits per heavy atom. The molecular formula is C23H21F3N2O5. The summed E-state index contributed by atoms with van der Waals surface area (Å²) in [5.41, 5.74) is 0.460. The number of likely N-dealkylation sites (tertiary alicyclic amines) is 1. The molecule has 2 aromatic rings. The van der Waals surface area contributed by atoms with Crippen LogP contribution in [0.1, 0.15) is 22.6 Å². The number of hydrogen-bond acceptors (Lipinski definition) is 4. The summed E-state index contributed by atoms with van der Waals surface area (Å²) in [4.78, 5) is 39.5. The van der Waals surface area contributed by atoms with Crippen LogP contribution >= 0.6 is 0 Å². The van der Waals surface area contributed by atoms with E-state index in [1.807, 2.05) is 30.3 Å². The summed E-state index contributed by atoms with van der Waals surface area (Å²) in [6.45, 7) is -0.217. The monoisotopic (exact) mass is 462 g/mol. The van der Waals surface area contributed by atoms with Crippen molar-refractivity contribution in [3.8, 4) is 0 Å². The molecule has 2 fully saturated rings. The first-order valence-corrected chi connectivity index (χ1v) is 10.3. The Morgan fingerprint density at radius 2 is 1.70 bits per heavy atom. The third-order valence-electron chi connectivity index (χ3n) is 6.09. The van der Waals surface area contributed by atoms with Gasteiger partial charge in [-0.3, -0.25) is 4.79 Å². The van der Waals surface area contributed by atoms with Crippen LogP contribution in [0, 0.1) is 5.92 Å². The second-order valence-electron chi connectivity index (χ2n) is 8.15. The number of nitrogens with zero attached hydrogens (tertiary/aromatic N) is 2. The molecule has 3 amide bonds. The Kier molecular flexibility index (Phi) is 6.01. The molecular weight excluding hydrogens is 441 g/mol. The van der Waals surface area contributed by atoms with Gasteiger partial charge in [0.05, 0.1) is 17.5 Å². The first kappa shape index (κ1) is 22.6. The van der Waals surface area contributed by atoms with Crippen LogP contribution < -0.4 is 0 Å². The first-order valence-electron chi connectivity index (χ1n) is 10.3. The van der Waals surface area contributed by atoms with Gasteiger partial charge in [0.25, 0.3) is 0 Å². The van der Waals surface area contributed by atoms with Gasteiger partial charge in [-0.05, 0) is 29.7 Å². The van der Waals surface area contributed by atoms with Gasteiger partial charge in [-0.1, -0.05) is 42.5 Å². The van der Waals surface area contributed by atoms with Crippen LogP contribution in [0.15, 0.2) is 54.6 Å². The van der Waals surface area contributed by atoms with Crippen molar-refractivity contribution in [2.24, 2.45) is 5.92 Å². The summed E-state index contributed by atoms with van der Waals surface area (Å²) in [6.07, 6.45) is -6.19. The van der Waals surface area contributed by atoms with Gasteiger partial charge < -0.3 is 14.7 Å². The molecule has 0 saturated carbocycles. The van der Waals surface area contributed by atoms with Crippen molar-refractivity contribution in [2.75, 3.05) is 19.7 Å². The molecule has 0 unspecified atom stereocenters. The molecule has 2 heterocycles. The van der Waals surface area contributed by atoms with E-state index in [0.717, 1.165) is 27.5 Å². The smallest absolute Gasteiger partial charge is 0.416 e. The fourth-order valence-corrected chi connectivity index (χ4v) is 4.41. The molecule has 0 spiro atoms. The van der Waals surface area contributed by atoms with Crippen LogP contribution in [0.3, 0.4) is 0 Å². The first-order chi connectivity index (χ1) is 15.6. The SMILES string of the molecule is O=C(O)N1C[C@H](C(=O)N2C(=O)OC[C@H]2Cc2ccccc2)[C@@H](c2ccc(C(F)(F)F)cc2)C1. The van der Waals surface area contributed by atoms with Gasteiger partial charge in [0, 0.05) is 19.0 Å². The summed E-state index contributed by atoms with van der Waals surface area (Å²) in [5, 5.41) is 9.45. The minimum Gasteiger partial charge on any atom is -0.465 e. The van der Waals surface area contributed by atoms with E-state index in [4.69, 9.17) is 4.74 Å². The lowest BCUT2D eigenvalue weighted by atomic mass is 9.87. The maximum Gasteiger partial charge on any atom is 0.416 e. The number of carbonyl (C=O) groups is 3. The number of rotatable bonds is 4. The van der Waals surface area contributed by atoms with Gasteiger partial charge in [-0.15, -0.1) is 0 Å². The molecule has 2 aliphatic heterocycles. The van der Waals surface area contributed by atoms with E-state index >= 15 is 0 Å². The Balaban J connectivity index is 1.60. The van der Waals surface area contributed by atoms with Crippen LogP contribution in [0.5, 0.6) is 0 Å². The lowest BCUT2D eigenvalue weighted by Gasteiger charge is -2.25. The quantitative estimate of drug-likeness (QED) is 0.743. The third kappa shape index (κ3) is 4.64. The third-order valence-corrected chi connectivity index (χ3v) is 6.09. The summed E-state index contributed by atoms with van der Waals surface area (Å²) in [6, 6.07) is 13.0. The molecule has 1 N–H and O–H groups in total. The molecule has 0 bridgehead atoms. The van der Waals surface area contributed by atoms with Gasteiger partial charge in [-0.25, -0.2) is 14.5 Å². The van der Waals surface area contributed by atoms with Crippen molar-refractivity contribution >= 4 is 18.1 Å². The summed E-state index contributed by atoms with van der Waals surface area (Å²) in [5.74, 6) is -2.21. The standard InChI is InChI=1S/C23H21F3N2O5/c24-23(25,26)16-8-6-15(7-9-16)18-11-27(21(30)31)12-19(18)20(29)28-17(13-33-22(28)32)10-14-4-2-1-3-5-14/h1-9,17-19H,10-13H2,(H,30,31)/t17-,18-,19+/m1/s1. The van der Waals surface area contributed by atoms with Crippen molar-refractivity contribution in [3.63, 3.8) is 0 Å². The fourth-order valence-electron chi connectivity index (χ4n) is 4.41. The van der Waals surface area contributed by atoms with E-state index in [9.17, 15) is 32.7 Å². The molecule has 0 aliphatic carbocycles. The number of halogens is 3. The number of benzene rings is 2. The minimum atomic E-state index is -4.51.